The third-order valence-electron chi connectivity index (χ3n) is 2.91. The van der Waals surface area contributed by atoms with E-state index in [1.54, 1.807) is 24.3 Å². The number of nitrogens with zero attached hydrogens (tertiary/aromatic N) is 1. The van der Waals surface area contributed by atoms with E-state index in [4.69, 9.17) is 5.26 Å². The first kappa shape index (κ1) is 15.0. The predicted octanol–water partition coefficient (Wildman–Crippen LogP) is 5.40. The van der Waals surface area contributed by atoms with Crippen LogP contribution in [0.5, 0.6) is 0 Å². The van der Waals surface area contributed by atoms with Crippen molar-refractivity contribution < 1.29 is 4.39 Å². The molecule has 0 saturated heterocycles. The van der Waals surface area contributed by atoms with Gasteiger partial charge >= 0.3 is 0 Å². The van der Waals surface area contributed by atoms with E-state index in [1.807, 2.05) is 13.0 Å². The molecule has 2 aromatic carbocycles. The van der Waals surface area contributed by atoms with E-state index >= 15 is 0 Å². The summed E-state index contributed by atoms with van der Waals surface area (Å²) < 4.78 is 14.5. The quantitative estimate of drug-likeness (QED) is 0.752. The largest absolute Gasteiger partial charge is 0.378 e. The third-order valence-corrected chi connectivity index (χ3v) is 4.18. The van der Waals surface area contributed by atoms with Crippen LogP contribution in [-0.4, -0.2) is 0 Å². The van der Waals surface area contributed by atoms with Gasteiger partial charge in [0.1, 0.15) is 5.82 Å². The highest BCUT2D eigenvalue weighted by Crippen LogP contribution is 2.29. The van der Waals surface area contributed by atoms with Crippen LogP contribution < -0.4 is 5.32 Å². The lowest BCUT2D eigenvalue weighted by molar-refractivity contribution is 0.619. The van der Waals surface area contributed by atoms with E-state index in [9.17, 15) is 4.39 Å². The van der Waals surface area contributed by atoms with Crippen molar-refractivity contribution in [1.82, 2.24) is 0 Å². The fourth-order valence-electron chi connectivity index (χ4n) is 1.80. The van der Waals surface area contributed by atoms with E-state index < -0.39 is 0 Å². The Morgan fingerprint density at radius 3 is 2.50 bits per heavy atom. The highest BCUT2D eigenvalue weighted by Gasteiger charge is 2.10. The number of nitrogens with one attached hydrogen (secondary N) is 1. The van der Waals surface area contributed by atoms with Crippen molar-refractivity contribution >= 4 is 37.5 Å². The van der Waals surface area contributed by atoms with Crippen molar-refractivity contribution in [3.63, 3.8) is 0 Å². The second-order valence-corrected chi connectivity index (χ2v) is 6.05. The fourth-order valence-corrected chi connectivity index (χ4v) is 2.69. The molecule has 0 aliphatic rings. The van der Waals surface area contributed by atoms with E-state index in [1.165, 1.54) is 6.07 Å². The molecule has 0 aliphatic carbocycles. The third kappa shape index (κ3) is 3.38. The minimum Gasteiger partial charge on any atom is -0.378 e. The van der Waals surface area contributed by atoms with Gasteiger partial charge in [-0.05, 0) is 74.7 Å². The lowest BCUT2D eigenvalue weighted by Crippen LogP contribution is -2.07. The van der Waals surface area contributed by atoms with E-state index in [-0.39, 0.29) is 11.9 Å². The maximum atomic E-state index is 13.2. The van der Waals surface area contributed by atoms with Crippen molar-refractivity contribution in [2.45, 2.75) is 13.0 Å². The minimum atomic E-state index is -0.277. The topological polar surface area (TPSA) is 35.8 Å². The zero-order valence-electron chi connectivity index (χ0n) is 10.6. The number of anilines is 1. The normalized spacial score (nSPS) is 11.8. The molecule has 2 rings (SSSR count). The van der Waals surface area contributed by atoms with Crippen molar-refractivity contribution in [2.24, 2.45) is 0 Å². The molecule has 1 atom stereocenters. The van der Waals surface area contributed by atoms with Crippen LogP contribution in [0.1, 0.15) is 24.1 Å². The van der Waals surface area contributed by atoms with Gasteiger partial charge in [0, 0.05) is 16.2 Å². The monoisotopic (exact) mass is 396 g/mol. The Balaban J connectivity index is 2.21. The Morgan fingerprint density at radius 1 is 1.15 bits per heavy atom. The number of nitriles is 1. The zero-order chi connectivity index (χ0) is 14.7. The Hall–Kier alpha value is -1.38. The predicted molar refractivity (Wildman–Crippen MR) is 85.0 cm³/mol. The molecule has 0 bridgehead atoms. The molecule has 0 amide bonds. The van der Waals surface area contributed by atoms with Gasteiger partial charge < -0.3 is 5.32 Å². The molecule has 102 valence electrons. The van der Waals surface area contributed by atoms with Gasteiger partial charge in [-0.2, -0.15) is 5.26 Å². The van der Waals surface area contributed by atoms with Crippen molar-refractivity contribution in [3.8, 4) is 6.07 Å². The van der Waals surface area contributed by atoms with Gasteiger partial charge in [-0.1, -0.05) is 6.07 Å². The molecule has 0 radical (unpaired) electrons. The lowest BCUT2D eigenvalue weighted by Gasteiger charge is -2.17. The molecule has 5 heteroatoms. The summed E-state index contributed by atoms with van der Waals surface area (Å²) in [7, 11) is 0. The Kier molecular flexibility index (Phi) is 4.79. The van der Waals surface area contributed by atoms with Crippen LogP contribution in [0.3, 0.4) is 0 Å². The van der Waals surface area contributed by atoms with Gasteiger partial charge in [0.05, 0.1) is 16.1 Å². The average molecular weight is 398 g/mol. The summed E-state index contributed by atoms with van der Waals surface area (Å²) in [5, 5.41) is 12.2. The second kappa shape index (κ2) is 6.38. The average Bonchev–Trinajstić information content (AvgIpc) is 2.43. The SMILES string of the molecule is CC(Nc1ccc(C#N)cc1Br)c1ccc(F)c(Br)c1. The molecular weight excluding hydrogens is 387 g/mol. The van der Waals surface area contributed by atoms with Gasteiger partial charge in [0.2, 0.25) is 0 Å². The highest BCUT2D eigenvalue weighted by atomic mass is 79.9. The van der Waals surface area contributed by atoms with Crippen LogP contribution in [0.2, 0.25) is 0 Å². The van der Waals surface area contributed by atoms with E-state index in [0.29, 0.717) is 10.0 Å². The molecule has 20 heavy (non-hydrogen) atoms. The molecule has 0 spiro atoms. The Bertz CT molecular complexity index is 680. The molecule has 1 N–H and O–H groups in total. The standard InChI is InChI=1S/C15H11Br2FN2/c1-9(11-3-4-14(18)12(16)7-11)20-15-5-2-10(8-19)6-13(15)17/h2-7,9,20H,1H3. The summed E-state index contributed by atoms with van der Waals surface area (Å²) in [4.78, 5) is 0. The summed E-state index contributed by atoms with van der Waals surface area (Å²) in [6, 6.07) is 12.4. The summed E-state index contributed by atoms with van der Waals surface area (Å²) in [6.45, 7) is 1.99. The second-order valence-electron chi connectivity index (χ2n) is 4.35. The molecule has 2 aromatic rings. The van der Waals surface area contributed by atoms with Crippen LogP contribution in [0.15, 0.2) is 45.3 Å². The van der Waals surface area contributed by atoms with E-state index in [0.717, 1.165) is 15.7 Å². The van der Waals surface area contributed by atoms with Crippen LogP contribution in [0.25, 0.3) is 0 Å². The maximum Gasteiger partial charge on any atom is 0.137 e. The lowest BCUT2D eigenvalue weighted by atomic mass is 10.1. The van der Waals surface area contributed by atoms with Gasteiger partial charge in [-0.25, -0.2) is 4.39 Å². The summed E-state index contributed by atoms with van der Waals surface area (Å²) in [5.74, 6) is -0.277. The molecule has 0 saturated carbocycles. The zero-order valence-corrected chi connectivity index (χ0v) is 13.8. The molecule has 0 fully saturated rings. The summed E-state index contributed by atoms with van der Waals surface area (Å²) in [6.07, 6.45) is 0. The molecular formula is C15H11Br2FN2. The first-order chi connectivity index (χ1) is 9.51. The van der Waals surface area contributed by atoms with Crippen molar-refractivity contribution in [3.05, 3.63) is 62.3 Å². The van der Waals surface area contributed by atoms with Gasteiger partial charge in [0.25, 0.3) is 0 Å². The number of benzene rings is 2. The first-order valence-corrected chi connectivity index (χ1v) is 7.51. The molecule has 1 unspecified atom stereocenters. The summed E-state index contributed by atoms with van der Waals surface area (Å²) in [5.41, 5.74) is 2.45. The smallest absolute Gasteiger partial charge is 0.137 e. The van der Waals surface area contributed by atoms with Gasteiger partial charge in [-0.3, -0.25) is 0 Å². The maximum absolute atomic E-state index is 13.2. The summed E-state index contributed by atoms with van der Waals surface area (Å²) >= 11 is 6.62. The van der Waals surface area contributed by atoms with Gasteiger partial charge in [-0.15, -0.1) is 0 Å². The first-order valence-electron chi connectivity index (χ1n) is 5.92. The van der Waals surface area contributed by atoms with Crippen molar-refractivity contribution in [1.29, 1.82) is 5.26 Å². The molecule has 0 heterocycles. The minimum absolute atomic E-state index is 0.0103. The Labute approximate surface area is 133 Å². The van der Waals surface area contributed by atoms with Crippen LogP contribution in [0, 0.1) is 17.1 Å². The van der Waals surface area contributed by atoms with Crippen LogP contribution in [0.4, 0.5) is 10.1 Å². The number of hydrogen-bond donors (Lipinski definition) is 1. The van der Waals surface area contributed by atoms with Crippen LogP contribution in [-0.2, 0) is 0 Å². The van der Waals surface area contributed by atoms with Gasteiger partial charge in [0.15, 0.2) is 0 Å². The number of rotatable bonds is 3. The Morgan fingerprint density at radius 2 is 1.90 bits per heavy atom. The molecule has 0 aromatic heterocycles. The highest BCUT2D eigenvalue weighted by molar-refractivity contribution is 9.10. The fraction of sp³-hybridized carbons (Fsp3) is 0.133. The van der Waals surface area contributed by atoms with Crippen molar-refractivity contribution in [2.75, 3.05) is 5.32 Å². The van der Waals surface area contributed by atoms with Crippen LogP contribution >= 0.6 is 31.9 Å². The number of hydrogen-bond acceptors (Lipinski definition) is 2. The van der Waals surface area contributed by atoms with E-state index in [2.05, 4.69) is 43.2 Å². The molecule has 0 aliphatic heterocycles. The number of halogens is 3. The molecule has 2 nitrogen and oxygen atoms in total.